The van der Waals surface area contributed by atoms with Crippen molar-refractivity contribution in [2.75, 3.05) is 0 Å². The topological polar surface area (TPSA) is 66.4 Å². The first kappa shape index (κ1) is 13.2. The molecule has 0 aromatic heterocycles. The van der Waals surface area contributed by atoms with Gasteiger partial charge in [-0.15, -0.1) is 0 Å². The Bertz CT molecular complexity index is 403. The summed E-state index contributed by atoms with van der Waals surface area (Å²) in [5, 5.41) is 11.1. The zero-order chi connectivity index (χ0) is 12.8. The number of hydrogen-bond donors (Lipinski definition) is 2. The first-order valence-corrected chi connectivity index (χ1v) is 5.27. The van der Waals surface area contributed by atoms with Gasteiger partial charge in [-0.3, -0.25) is 9.59 Å². The van der Waals surface area contributed by atoms with E-state index in [9.17, 15) is 14.0 Å². The van der Waals surface area contributed by atoms with Gasteiger partial charge in [0, 0.05) is 18.0 Å². The van der Waals surface area contributed by atoms with Crippen molar-refractivity contribution in [1.82, 2.24) is 5.32 Å². The van der Waals surface area contributed by atoms with Crippen LogP contribution in [0.5, 0.6) is 0 Å². The van der Waals surface area contributed by atoms with Crippen molar-refractivity contribution in [3.8, 4) is 0 Å². The van der Waals surface area contributed by atoms with Crippen molar-refractivity contribution in [3.63, 3.8) is 0 Å². The van der Waals surface area contributed by atoms with Gasteiger partial charge >= 0.3 is 5.97 Å². The number of halogens is 1. The van der Waals surface area contributed by atoms with Gasteiger partial charge in [0.1, 0.15) is 5.82 Å². The molecule has 0 aliphatic carbocycles. The molecule has 0 fully saturated rings. The second-order valence-corrected chi connectivity index (χ2v) is 3.81. The third-order valence-corrected chi connectivity index (χ3v) is 2.28. The number of nitrogens with one attached hydrogen (secondary N) is 1. The molecule has 0 spiro atoms. The van der Waals surface area contributed by atoms with Crippen LogP contribution in [0, 0.1) is 5.82 Å². The maximum Gasteiger partial charge on any atom is 0.303 e. The fraction of sp³-hybridized carbons (Fsp3) is 0.333. The summed E-state index contributed by atoms with van der Waals surface area (Å²) in [7, 11) is 0. The molecule has 5 heteroatoms. The van der Waals surface area contributed by atoms with E-state index in [1.807, 2.05) is 0 Å². The normalized spacial score (nSPS) is 11.9. The van der Waals surface area contributed by atoms with Crippen LogP contribution in [0.1, 0.15) is 30.1 Å². The van der Waals surface area contributed by atoms with Gasteiger partial charge in [-0.2, -0.15) is 0 Å². The fourth-order valence-corrected chi connectivity index (χ4v) is 1.32. The van der Waals surface area contributed by atoms with Crippen LogP contribution in [0.15, 0.2) is 24.3 Å². The van der Waals surface area contributed by atoms with Crippen LogP contribution in [0.4, 0.5) is 4.39 Å². The highest BCUT2D eigenvalue weighted by Crippen LogP contribution is 2.04. The van der Waals surface area contributed by atoms with E-state index in [4.69, 9.17) is 5.11 Å². The van der Waals surface area contributed by atoms with Crippen molar-refractivity contribution >= 4 is 11.9 Å². The van der Waals surface area contributed by atoms with Crippen LogP contribution < -0.4 is 5.32 Å². The Balaban J connectivity index is 2.48. The van der Waals surface area contributed by atoms with E-state index in [-0.39, 0.29) is 18.4 Å². The zero-order valence-corrected chi connectivity index (χ0v) is 9.44. The van der Waals surface area contributed by atoms with Crippen LogP contribution in [0.25, 0.3) is 0 Å². The maximum absolute atomic E-state index is 12.6. The molecule has 0 saturated carbocycles. The van der Waals surface area contributed by atoms with E-state index in [2.05, 4.69) is 5.32 Å². The molecule has 0 aliphatic rings. The molecular formula is C12H14FNO3. The van der Waals surface area contributed by atoms with E-state index in [1.165, 1.54) is 24.3 Å². The molecule has 0 saturated heterocycles. The van der Waals surface area contributed by atoms with Crippen LogP contribution in [0.2, 0.25) is 0 Å². The van der Waals surface area contributed by atoms with Crippen LogP contribution in [-0.2, 0) is 4.79 Å². The van der Waals surface area contributed by atoms with Gasteiger partial charge in [0.2, 0.25) is 0 Å². The second-order valence-electron chi connectivity index (χ2n) is 3.81. The number of aliphatic carboxylic acids is 1. The molecule has 0 bridgehead atoms. The molecule has 1 rings (SSSR count). The van der Waals surface area contributed by atoms with Crippen LogP contribution >= 0.6 is 0 Å². The Labute approximate surface area is 98.5 Å². The summed E-state index contributed by atoms with van der Waals surface area (Å²) in [6.45, 7) is 1.73. The molecule has 0 unspecified atom stereocenters. The molecule has 0 radical (unpaired) electrons. The highest BCUT2D eigenvalue weighted by molar-refractivity contribution is 5.94. The van der Waals surface area contributed by atoms with Crippen LogP contribution in [0.3, 0.4) is 0 Å². The van der Waals surface area contributed by atoms with Gasteiger partial charge < -0.3 is 10.4 Å². The highest BCUT2D eigenvalue weighted by Gasteiger charge is 2.10. The van der Waals surface area contributed by atoms with E-state index < -0.39 is 11.8 Å². The number of amides is 1. The largest absolute Gasteiger partial charge is 0.481 e. The monoisotopic (exact) mass is 239 g/mol. The Morgan fingerprint density at radius 1 is 1.35 bits per heavy atom. The summed E-state index contributed by atoms with van der Waals surface area (Å²) in [5.41, 5.74) is 0.355. The summed E-state index contributed by atoms with van der Waals surface area (Å²) in [5.74, 6) is -1.63. The van der Waals surface area contributed by atoms with Gasteiger partial charge in [-0.25, -0.2) is 4.39 Å². The number of carboxylic acid groups (broad SMARTS) is 1. The molecule has 0 heterocycles. The molecule has 17 heavy (non-hydrogen) atoms. The van der Waals surface area contributed by atoms with Crippen molar-refractivity contribution in [3.05, 3.63) is 35.6 Å². The van der Waals surface area contributed by atoms with Gasteiger partial charge in [-0.05, 0) is 37.6 Å². The van der Waals surface area contributed by atoms with Gasteiger partial charge in [0.05, 0.1) is 0 Å². The molecule has 92 valence electrons. The SMILES string of the molecule is C[C@@H](CCC(=O)O)NC(=O)c1ccc(F)cc1. The molecule has 4 nitrogen and oxygen atoms in total. The third-order valence-electron chi connectivity index (χ3n) is 2.28. The molecule has 2 N–H and O–H groups in total. The highest BCUT2D eigenvalue weighted by atomic mass is 19.1. The predicted octanol–water partition coefficient (Wildman–Crippen LogP) is 1.81. The number of carbonyl (C=O) groups is 2. The molecule has 0 aliphatic heterocycles. The first-order valence-electron chi connectivity index (χ1n) is 5.27. The smallest absolute Gasteiger partial charge is 0.303 e. The van der Waals surface area contributed by atoms with Gasteiger partial charge in [-0.1, -0.05) is 0 Å². The quantitative estimate of drug-likeness (QED) is 0.823. The Morgan fingerprint density at radius 3 is 2.47 bits per heavy atom. The van der Waals surface area contributed by atoms with Gasteiger partial charge in [0.25, 0.3) is 5.91 Å². The Hall–Kier alpha value is -1.91. The van der Waals surface area contributed by atoms with E-state index in [0.29, 0.717) is 12.0 Å². The third kappa shape index (κ3) is 4.63. The van der Waals surface area contributed by atoms with Crippen LogP contribution in [-0.4, -0.2) is 23.0 Å². The zero-order valence-electron chi connectivity index (χ0n) is 9.44. The van der Waals surface area contributed by atoms with Crippen molar-refractivity contribution in [2.24, 2.45) is 0 Å². The number of carboxylic acids is 1. The molecule has 1 aromatic carbocycles. The standard InChI is InChI=1S/C12H14FNO3/c1-8(2-7-11(15)16)14-12(17)9-3-5-10(13)6-4-9/h3-6,8H,2,7H2,1H3,(H,14,17)(H,15,16)/t8-/m0/s1. The lowest BCUT2D eigenvalue weighted by molar-refractivity contribution is -0.137. The van der Waals surface area contributed by atoms with Crippen molar-refractivity contribution in [1.29, 1.82) is 0 Å². The second kappa shape index (κ2) is 5.98. The number of carbonyl (C=O) groups excluding carboxylic acids is 1. The fourth-order valence-electron chi connectivity index (χ4n) is 1.32. The van der Waals surface area contributed by atoms with E-state index >= 15 is 0 Å². The minimum atomic E-state index is -0.895. The molecule has 1 amide bonds. The Kier molecular flexibility index (Phi) is 4.63. The van der Waals surface area contributed by atoms with Crippen molar-refractivity contribution in [2.45, 2.75) is 25.8 Å². The summed E-state index contributed by atoms with van der Waals surface area (Å²) in [4.78, 5) is 22.0. The summed E-state index contributed by atoms with van der Waals surface area (Å²) in [6, 6.07) is 4.94. The summed E-state index contributed by atoms with van der Waals surface area (Å²) >= 11 is 0. The lowest BCUT2D eigenvalue weighted by Gasteiger charge is -2.12. The minimum absolute atomic E-state index is 0.00483. The summed E-state index contributed by atoms with van der Waals surface area (Å²) < 4.78 is 12.6. The maximum atomic E-state index is 12.6. The summed E-state index contributed by atoms with van der Waals surface area (Å²) in [6.07, 6.45) is 0.368. The van der Waals surface area contributed by atoms with Crippen molar-refractivity contribution < 1.29 is 19.1 Å². The predicted molar refractivity (Wildman–Crippen MR) is 60.2 cm³/mol. The van der Waals surface area contributed by atoms with E-state index in [0.717, 1.165) is 0 Å². The minimum Gasteiger partial charge on any atom is -0.481 e. The van der Waals surface area contributed by atoms with E-state index in [1.54, 1.807) is 6.92 Å². The number of rotatable bonds is 5. The van der Waals surface area contributed by atoms with Gasteiger partial charge in [0.15, 0.2) is 0 Å². The Morgan fingerprint density at radius 2 is 1.94 bits per heavy atom. The number of hydrogen-bond acceptors (Lipinski definition) is 2. The number of benzene rings is 1. The molecular weight excluding hydrogens is 225 g/mol. The lowest BCUT2D eigenvalue weighted by Crippen LogP contribution is -2.32. The first-order chi connectivity index (χ1) is 7.99. The average molecular weight is 239 g/mol. The average Bonchev–Trinajstić information content (AvgIpc) is 2.27. The molecule has 1 aromatic rings. The lowest BCUT2D eigenvalue weighted by atomic mass is 10.1. The molecule has 1 atom stereocenters.